The highest BCUT2D eigenvalue weighted by molar-refractivity contribution is 5.41. The second-order valence-electron chi connectivity index (χ2n) is 7.44. The van der Waals surface area contributed by atoms with Crippen LogP contribution in [-0.4, -0.2) is 30.2 Å². The minimum Gasteiger partial charge on any atom is -0.497 e. The molecule has 0 spiro atoms. The molecule has 0 N–H and O–H groups in total. The lowest BCUT2D eigenvalue weighted by atomic mass is 9.99. The second-order valence-corrected chi connectivity index (χ2v) is 7.44. The highest BCUT2D eigenvalue weighted by Crippen LogP contribution is 2.35. The lowest BCUT2D eigenvalue weighted by Crippen LogP contribution is -2.29. The summed E-state index contributed by atoms with van der Waals surface area (Å²) in [7, 11) is 3.41. The Labute approximate surface area is 167 Å². The fourth-order valence-corrected chi connectivity index (χ4v) is 4.23. The third kappa shape index (κ3) is 3.65. The maximum Gasteiger partial charge on any atom is 0.127 e. The van der Waals surface area contributed by atoms with Gasteiger partial charge in [0.05, 0.1) is 20.3 Å². The van der Waals surface area contributed by atoms with Crippen molar-refractivity contribution in [3.05, 3.63) is 83.2 Å². The van der Waals surface area contributed by atoms with Gasteiger partial charge in [0.25, 0.3) is 0 Å². The van der Waals surface area contributed by atoms with Crippen LogP contribution in [0.25, 0.3) is 0 Å². The largest absolute Gasteiger partial charge is 0.497 e. The Kier molecular flexibility index (Phi) is 5.40. The number of benzene rings is 2. The molecule has 0 saturated heterocycles. The minimum absolute atomic E-state index is 0.226. The van der Waals surface area contributed by atoms with E-state index in [0.29, 0.717) is 0 Å². The van der Waals surface area contributed by atoms with Gasteiger partial charge in [0.1, 0.15) is 11.5 Å². The third-order valence-corrected chi connectivity index (χ3v) is 5.58. The van der Waals surface area contributed by atoms with Gasteiger partial charge in [-0.3, -0.25) is 4.90 Å². The molecule has 4 heteroatoms. The summed E-state index contributed by atoms with van der Waals surface area (Å²) in [5.74, 6) is 1.70. The Morgan fingerprint density at radius 2 is 1.86 bits per heavy atom. The van der Waals surface area contributed by atoms with Crippen molar-refractivity contribution < 1.29 is 9.47 Å². The van der Waals surface area contributed by atoms with Crippen molar-refractivity contribution in [1.82, 2.24) is 9.47 Å². The molecular weight excluding hydrogens is 348 g/mol. The van der Waals surface area contributed by atoms with Crippen LogP contribution in [0.4, 0.5) is 0 Å². The number of ether oxygens (including phenoxy) is 2. The smallest absolute Gasteiger partial charge is 0.127 e. The summed E-state index contributed by atoms with van der Waals surface area (Å²) in [4.78, 5) is 2.57. The fourth-order valence-electron chi connectivity index (χ4n) is 4.23. The summed E-state index contributed by atoms with van der Waals surface area (Å²) in [6, 6.07) is 19.6. The van der Waals surface area contributed by atoms with Crippen molar-refractivity contribution in [2.24, 2.45) is 0 Å². The molecular formula is C24H28N2O2. The van der Waals surface area contributed by atoms with Crippen LogP contribution >= 0.6 is 0 Å². The van der Waals surface area contributed by atoms with Gasteiger partial charge in [-0.2, -0.15) is 0 Å². The molecule has 1 aliphatic heterocycles. The van der Waals surface area contributed by atoms with E-state index in [0.717, 1.165) is 37.6 Å². The van der Waals surface area contributed by atoms with Crippen LogP contribution in [0.3, 0.4) is 0 Å². The predicted octanol–water partition coefficient (Wildman–Crippen LogP) is 4.81. The van der Waals surface area contributed by atoms with E-state index >= 15 is 0 Å². The standard InChI is InChI=1S/C24H28N2O2/c1-18-7-4-8-19(15-18)24-22-9-5-12-25(22)13-6-14-26(24)17-20-10-11-21(27-2)16-23(20)28-3/h4-5,7-12,15-16,24H,6,13-14,17H2,1-3H3. The van der Waals surface area contributed by atoms with Gasteiger partial charge in [-0.1, -0.05) is 35.9 Å². The molecule has 1 unspecified atom stereocenters. The Balaban J connectivity index is 1.74. The molecule has 1 aliphatic rings. The monoisotopic (exact) mass is 376 g/mol. The highest BCUT2D eigenvalue weighted by Gasteiger charge is 2.28. The van der Waals surface area contributed by atoms with Gasteiger partial charge in [-0.05, 0) is 37.1 Å². The van der Waals surface area contributed by atoms with Gasteiger partial charge in [0, 0.05) is 43.2 Å². The van der Waals surface area contributed by atoms with Gasteiger partial charge in [-0.25, -0.2) is 0 Å². The van der Waals surface area contributed by atoms with Crippen LogP contribution in [0.5, 0.6) is 11.5 Å². The van der Waals surface area contributed by atoms with Crippen molar-refractivity contribution >= 4 is 0 Å². The Bertz CT molecular complexity index is 947. The molecule has 0 bridgehead atoms. The molecule has 3 aromatic rings. The zero-order chi connectivity index (χ0) is 19.5. The first-order chi connectivity index (χ1) is 13.7. The Morgan fingerprint density at radius 3 is 2.64 bits per heavy atom. The molecule has 4 nitrogen and oxygen atoms in total. The molecule has 0 radical (unpaired) electrons. The molecule has 146 valence electrons. The van der Waals surface area contributed by atoms with Gasteiger partial charge in [-0.15, -0.1) is 0 Å². The van der Waals surface area contributed by atoms with E-state index in [1.807, 2.05) is 12.1 Å². The van der Waals surface area contributed by atoms with E-state index < -0.39 is 0 Å². The number of aryl methyl sites for hydroxylation is 2. The first kappa shape index (κ1) is 18.6. The maximum atomic E-state index is 5.66. The van der Waals surface area contributed by atoms with Crippen molar-refractivity contribution in [3.63, 3.8) is 0 Å². The van der Waals surface area contributed by atoms with Crippen LogP contribution in [0.15, 0.2) is 60.8 Å². The molecule has 1 aromatic heterocycles. The lowest BCUT2D eigenvalue weighted by molar-refractivity contribution is 0.217. The molecule has 0 amide bonds. The first-order valence-corrected chi connectivity index (χ1v) is 9.86. The second kappa shape index (κ2) is 8.11. The van der Waals surface area contributed by atoms with E-state index in [2.05, 4.69) is 65.1 Å². The zero-order valence-corrected chi connectivity index (χ0v) is 16.9. The maximum absolute atomic E-state index is 5.66. The number of hydrogen-bond donors (Lipinski definition) is 0. The average molecular weight is 377 g/mol. The quantitative estimate of drug-likeness (QED) is 0.639. The molecule has 28 heavy (non-hydrogen) atoms. The summed E-state index contributed by atoms with van der Waals surface area (Å²) in [5, 5.41) is 0. The Morgan fingerprint density at radius 1 is 0.964 bits per heavy atom. The van der Waals surface area contributed by atoms with E-state index in [4.69, 9.17) is 9.47 Å². The Hall–Kier alpha value is -2.72. The summed E-state index contributed by atoms with van der Waals surface area (Å²) >= 11 is 0. The van der Waals surface area contributed by atoms with E-state index in [-0.39, 0.29) is 6.04 Å². The fraction of sp³-hybridized carbons (Fsp3) is 0.333. The van der Waals surface area contributed by atoms with Crippen molar-refractivity contribution in [2.45, 2.75) is 32.5 Å². The van der Waals surface area contributed by atoms with Gasteiger partial charge < -0.3 is 14.0 Å². The normalized spacial score (nSPS) is 17.0. The lowest BCUT2D eigenvalue weighted by Gasteiger charge is -2.31. The van der Waals surface area contributed by atoms with Crippen molar-refractivity contribution in [3.8, 4) is 11.5 Å². The summed E-state index contributed by atoms with van der Waals surface area (Å²) < 4.78 is 13.4. The summed E-state index contributed by atoms with van der Waals surface area (Å²) in [5.41, 5.74) is 5.17. The van der Waals surface area contributed by atoms with Gasteiger partial charge in [0.15, 0.2) is 0 Å². The van der Waals surface area contributed by atoms with Crippen LogP contribution in [-0.2, 0) is 13.1 Å². The van der Waals surface area contributed by atoms with E-state index in [1.54, 1.807) is 14.2 Å². The SMILES string of the molecule is COc1ccc(CN2CCCn3cccc3C2c2cccc(C)c2)c(OC)c1. The summed E-state index contributed by atoms with van der Waals surface area (Å²) in [6.07, 6.45) is 3.33. The number of nitrogens with zero attached hydrogens (tertiary/aromatic N) is 2. The molecule has 2 heterocycles. The van der Waals surface area contributed by atoms with Crippen LogP contribution in [0.2, 0.25) is 0 Å². The van der Waals surface area contributed by atoms with Gasteiger partial charge >= 0.3 is 0 Å². The molecule has 1 atom stereocenters. The van der Waals surface area contributed by atoms with Crippen LogP contribution in [0.1, 0.15) is 34.8 Å². The van der Waals surface area contributed by atoms with Crippen molar-refractivity contribution in [1.29, 1.82) is 0 Å². The molecule has 2 aromatic carbocycles. The third-order valence-electron chi connectivity index (χ3n) is 5.58. The predicted molar refractivity (Wildman–Crippen MR) is 112 cm³/mol. The highest BCUT2D eigenvalue weighted by atomic mass is 16.5. The van der Waals surface area contributed by atoms with Crippen LogP contribution < -0.4 is 9.47 Å². The van der Waals surface area contributed by atoms with Crippen molar-refractivity contribution in [2.75, 3.05) is 20.8 Å². The van der Waals surface area contributed by atoms with Crippen LogP contribution in [0, 0.1) is 6.92 Å². The van der Waals surface area contributed by atoms with E-state index in [1.165, 1.54) is 22.4 Å². The molecule has 0 saturated carbocycles. The minimum atomic E-state index is 0.226. The molecule has 0 aliphatic carbocycles. The van der Waals surface area contributed by atoms with Gasteiger partial charge in [0.2, 0.25) is 0 Å². The number of aromatic nitrogens is 1. The zero-order valence-electron chi connectivity index (χ0n) is 16.9. The number of hydrogen-bond acceptors (Lipinski definition) is 3. The number of rotatable bonds is 5. The van der Waals surface area contributed by atoms with E-state index in [9.17, 15) is 0 Å². The average Bonchev–Trinajstić information content (AvgIpc) is 3.09. The molecule has 4 rings (SSSR count). The summed E-state index contributed by atoms with van der Waals surface area (Å²) in [6.45, 7) is 5.09. The molecule has 0 fully saturated rings. The topological polar surface area (TPSA) is 26.6 Å². The number of methoxy groups -OCH3 is 2. The number of fused-ring (bicyclic) bond motifs is 1. The first-order valence-electron chi connectivity index (χ1n) is 9.86.